The standard InChI is InChI=1S/C21H32N2O5S/c1-6-19(20(24)22-10-8-17(9-11-22)21(25)28-7-2)23(29(5,26)27)18-13-15(3)12-16(4)14-18/h12-14,17,19H,6-11H2,1-5H3. The maximum absolute atomic E-state index is 13.3. The number of likely N-dealkylation sites (tertiary alicyclic amines) is 1. The second-order valence-electron chi connectivity index (χ2n) is 7.68. The Hall–Kier alpha value is -2.09. The van der Waals surface area contributed by atoms with E-state index in [-0.39, 0.29) is 17.8 Å². The van der Waals surface area contributed by atoms with Crippen LogP contribution in [-0.4, -0.2) is 57.2 Å². The van der Waals surface area contributed by atoms with Crippen molar-refractivity contribution in [3.63, 3.8) is 0 Å². The lowest BCUT2D eigenvalue weighted by molar-refractivity contribution is -0.151. The van der Waals surface area contributed by atoms with E-state index >= 15 is 0 Å². The van der Waals surface area contributed by atoms with Crippen LogP contribution in [0, 0.1) is 19.8 Å². The first kappa shape index (κ1) is 23.2. The summed E-state index contributed by atoms with van der Waals surface area (Å²) in [6, 6.07) is 4.73. The van der Waals surface area contributed by atoms with Crippen LogP contribution >= 0.6 is 0 Å². The molecule has 162 valence electrons. The third-order valence-electron chi connectivity index (χ3n) is 5.20. The van der Waals surface area contributed by atoms with Gasteiger partial charge in [-0.3, -0.25) is 13.9 Å². The van der Waals surface area contributed by atoms with Crippen LogP contribution in [0.25, 0.3) is 0 Å². The summed E-state index contributed by atoms with van der Waals surface area (Å²) in [5, 5.41) is 0. The SMILES string of the molecule is CCOC(=O)C1CCN(C(=O)C(CC)N(c2cc(C)cc(C)c2)S(C)(=O)=O)CC1. The fraction of sp³-hybridized carbons (Fsp3) is 0.619. The summed E-state index contributed by atoms with van der Waals surface area (Å²) in [4.78, 5) is 26.9. The van der Waals surface area contributed by atoms with Crippen LogP contribution in [0.5, 0.6) is 0 Å². The Morgan fingerprint density at radius 2 is 1.69 bits per heavy atom. The van der Waals surface area contributed by atoms with Crippen LogP contribution in [0.2, 0.25) is 0 Å². The van der Waals surface area contributed by atoms with Gasteiger partial charge < -0.3 is 9.64 Å². The normalized spacial score (nSPS) is 16.4. The Kier molecular flexibility index (Phi) is 7.68. The molecular weight excluding hydrogens is 392 g/mol. The van der Waals surface area contributed by atoms with Gasteiger partial charge in [0.25, 0.3) is 0 Å². The van der Waals surface area contributed by atoms with Crippen molar-refractivity contribution in [2.75, 3.05) is 30.3 Å². The molecule has 0 radical (unpaired) electrons. The maximum Gasteiger partial charge on any atom is 0.309 e. The fourth-order valence-corrected chi connectivity index (χ4v) is 5.12. The van der Waals surface area contributed by atoms with Crippen molar-refractivity contribution < 1.29 is 22.7 Å². The van der Waals surface area contributed by atoms with E-state index < -0.39 is 16.1 Å². The Labute approximate surface area is 174 Å². The third-order valence-corrected chi connectivity index (χ3v) is 6.38. The molecule has 7 nitrogen and oxygen atoms in total. The molecule has 0 spiro atoms. The lowest BCUT2D eigenvalue weighted by atomic mass is 9.96. The van der Waals surface area contributed by atoms with Gasteiger partial charge in [-0.05, 0) is 63.3 Å². The topological polar surface area (TPSA) is 84.0 Å². The van der Waals surface area contributed by atoms with E-state index in [0.717, 1.165) is 17.4 Å². The van der Waals surface area contributed by atoms with Crippen LogP contribution in [0.1, 0.15) is 44.2 Å². The van der Waals surface area contributed by atoms with E-state index in [1.165, 1.54) is 4.31 Å². The number of benzene rings is 1. The molecule has 1 saturated heterocycles. The van der Waals surface area contributed by atoms with E-state index in [2.05, 4.69) is 0 Å². The first-order chi connectivity index (χ1) is 13.6. The summed E-state index contributed by atoms with van der Waals surface area (Å²) in [5.74, 6) is -0.649. The van der Waals surface area contributed by atoms with Gasteiger partial charge in [0.2, 0.25) is 15.9 Å². The number of carbonyl (C=O) groups is 2. The number of piperidine rings is 1. The molecule has 0 aromatic heterocycles. The van der Waals surface area contributed by atoms with E-state index in [1.54, 1.807) is 24.0 Å². The molecule has 8 heteroatoms. The third kappa shape index (κ3) is 5.72. The monoisotopic (exact) mass is 424 g/mol. The summed E-state index contributed by atoms with van der Waals surface area (Å²) in [6.07, 6.45) is 2.55. The summed E-state index contributed by atoms with van der Waals surface area (Å²) in [7, 11) is -3.67. The molecule has 1 heterocycles. The number of nitrogens with zero attached hydrogens (tertiary/aromatic N) is 2. The summed E-state index contributed by atoms with van der Waals surface area (Å²) in [6.45, 7) is 8.57. The Balaban J connectivity index is 2.25. The van der Waals surface area contributed by atoms with Crippen LogP contribution < -0.4 is 4.31 Å². The lowest BCUT2D eigenvalue weighted by Gasteiger charge is -2.37. The number of esters is 1. The molecular formula is C21H32N2O5S. The molecule has 1 unspecified atom stereocenters. The predicted molar refractivity (Wildman–Crippen MR) is 113 cm³/mol. The molecule has 0 bridgehead atoms. The summed E-state index contributed by atoms with van der Waals surface area (Å²) < 4.78 is 31.6. The number of anilines is 1. The molecule has 1 aliphatic heterocycles. The van der Waals surface area contributed by atoms with Crippen molar-refractivity contribution in [1.29, 1.82) is 0 Å². The average Bonchev–Trinajstić information content (AvgIpc) is 2.64. The lowest BCUT2D eigenvalue weighted by Crippen LogP contribution is -2.52. The Morgan fingerprint density at radius 1 is 1.14 bits per heavy atom. The van der Waals surface area contributed by atoms with Crippen molar-refractivity contribution in [3.8, 4) is 0 Å². The minimum atomic E-state index is -3.67. The van der Waals surface area contributed by atoms with Crippen LogP contribution in [0.4, 0.5) is 5.69 Å². The van der Waals surface area contributed by atoms with E-state index in [0.29, 0.717) is 44.6 Å². The summed E-state index contributed by atoms with van der Waals surface area (Å²) >= 11 is 0. The van der Waals surface area contributed by atoms with Gasteiger partial charge in [-0.15, -0.1) is 0 Å². The van der Waals surface area contributed by atoms with Crippen molar-refractivity contribution in [3.05, 3.63) is 29.3 Å². The smallest absolute Gasteiger partial charge is 0.309 e. The largest absolute Gasteiger partial charge is 0.466 e. The number of amides is 1. The molecule has 0 aliphatic carbocycles. The second-order valence-corrected chi connectivity index (χ2v) is 9.54. The quantitative estimate of drug-likeness (QED) is 0.629. The van der Waals surface area contributed by atoms with E-state index in [1.807, 2.05) is 26.8 Å². The van der Waals surface area contributed by atoms with Gasteiger partial charge in [0.05, 0.1) is 24.5 Å². The predicted octanol–water partition coefficient (Wildman–Crippen LogP) is 2.65. The molecule has 0 N–H and O–H groups in total. The van der Waals surface area contributed by atoms with E-state index in [4.69, 9.17) is 4.74 Å². The zero-order valence-electron chi connectivity index (χ0n) is 18.0. The molecule has 1 atom stereocenters. The number of hydrogen-bond acceptors (Lipinski definition) is 5. The zero-order valence-corrected chi connectivity index (χ0v) is 18.8. The van der Waals surface area contributed by atoms with Gasteiger partial charge in [-0.25, -0.2) is 8.42 Å². The van der Waals surface area contributed by atoms with Crippen molar-refractivity contribution in [2.45, 2.75) is 53.0 Å². The van der Waals surface area contributed by atoms with Gasteiger partial charge in [0.15, 0.2) is 0 Å². The first-order valence-electron chi connectivity index (χ1n) is 10.1. The molecule has 1 amide bonds. The first-order valence-corrected chi connectivity index (χ1v) is 12.0. The minimum absolute atomic E-state index is 0.204. The van der Waals surface area contributed by atoms with Gasteiger partial charge >= 0.3 is 5.97 Å². The highest BCUT2D eigenvalue weighted by molar-refractivity contribution is 7.92. The van der Waals surface area contributed by atoms with Gasteiger partial charge in [0, 0.05) is 13.1 Å². The summed E-state index contributed by atoms with van der Waals surface area (Å²) in [5.41, 5.74) is 2.38. The number of hydrogen-bond donors (Lipinski definition) is 0. The molecule has 29 heavy (non-hydrogen) atoms. The fourth-order valence-electron chi connectivity index (χ4n) is 3.93. The van der Waals surface area contributed by atoms with Gasteiger partial charge in [0.1, 0.15) is 6.04 Å². The van der Waals surface area contributed by atoms with Crippen molar-refractivity contribution in [1.82, 2.24) is 4.90 Å². The van der Waals surface area contributed by atoms with Gasteiger partial charge in [-0.2, -0.15) is 0 Å². The van der Waals surface area contributed by atoms with Crippen LogP contribution in [-0.2, 0) is 24.3 Å². The number of carbonyl (C=O) groups excluding carboxylic acids is 2. The minimum Gasteiger partial charge on any atom is -0.466 e. The maximum atomic E-state index is 13.3. The molecule has 1 aromatic carbocycles. The molecule has 0 saturated carbocycles. The Bertz CT molecular complexity index is 824. The number of sulfonamides is 1. The molecule has 2 rings (SSSR count). The zero-order chi connectivity index (χ0) is 21.8. The highest BCUT2D eigenvalue weighted by Gasteiger charge is 2.36. The van der Waals surface area contributed by atoms with E-state index in [9.17, 15) is 18.0 Å². The van der Waals surface area contributed by atoms with Gasteiger partial charge in [-0.1, -0.05) is 13.0 Å². The van der Waals surface area contributed by atoms with Crippen LogP contribution in [0.3, 0.4) is 0 Å². The number of rotatable bonds is 7. The molecule has 1 aromatic rings. The second kappa shape index (κ2) is 9.61. The van der Waals surface area contributed by atoms with Crippen molar-refractivity contribution >= 4 is 27.6 Å². The highest BCUT2D eigenvalue weighted by atomic mass is 32.2. The van der Waals surface area contributed by atoms with Crippen LogP contribution in [0.15, 0.2) is 18.2 Å². The Morgan fingerprint density at radius 3 is 2.14 bits per heavy atom. The average molecular weight is 425 g/mol. The number of aryl methyl sites for hydroxylation is 2. The molecule has 1 aliphatic rings. The number of ether oxygens (including phenoxy) is 1. The van der Waals surface area contributed by atoms with Crippen molar-refractivity contribution in [2.24, 2.45) is 5.92 Å². The molecule has 1 fully saturated rings. The highest BCUT2D eigenvalue weighted by Crippen LogP contribution is 2.27.